The summed E-state index contributed by atoms with van der Waals surface area (Å²) >= 11 is 0. The van der Waals surface area contributed by atoms with Crippen LogP contribution in [0.25, 0.3) is 0 Å². The first-order valence-electron chi connectivity index (χ1n) is 0. The molecule has 0 saturated carbocycles. The zero-order valence-corrected chi connectivity index (χ0v) is 15.5. The van der Waals surface area contributed by atoms with Crippen molar-refractivity contribution in [3.63, 3.8) is 0 Å². The van der Waals surface area contributed by atoms with E-state index < -0.39 is 0 Å². The van der Waals surface area contributed by atoms with E-state index in [1.54, 1.807) is 0 Å². The molecule has 6 heteroatoms. The molecule has 0 N–H and O–H groups in total. The van der Waals surface area contributed by atoms with Crippen LogP contribution < -0.4 is 0 Å². The fourth-order valence-electron chi connectivity index (χ4n) is 0. The van der Waals surface area contributed by atoms with Gasteiger partial charge in [-0.05, 0) is 0 Å². The Morgan fingerprint density at radius 3 is 0.833 bits per heavy atom. The Morgan fingerprint density at radius 1 is 0.833 bits per heavy atom. The molecule has 0 aliphatic carbocycles. The molecule has 0 nitrogen and oxygen atoms in total. The number of hydrogen-bond acceptors (Lipinski definition) is 0. The summed E-state index contributed by atoms with van der Waals surface area (Å²) in [6, 6.07) is 0. The zero-order valence-electron chi connectivity index (χ0n) is 3.35. The molecule has 11 radical (unpaired) electrons. The summed E-state index contributed by atoms with van der Waals surface area (Å²) in [5.74, 6) is 0. The maximum Gasteiger partial charge on any atom is 0 e. The summed E-state index contributed by atoms with van der Waals surface area (Å²) in [4.78, 5) is 0. The van der Waals surface area contributed by atoms with Crippen molar-refractivity contribution in [1.29, 1.82) is 0 Å². The molecule has 6 heavy (non-hydrogen) atoms. The van der Waals surface area contributed by atoms with Crippen molar-refractivity contribution in [2.24, 2.45) is 0 Å². The molecule has 0 spiro atoms. The Hall–Kier alpha value is 5.35. The van der Waals surface area contributed by atoms with Gasteiger partial charge in [0.05, 0.1) is 0 Å². The smallest absolute Gasteiger partial charge is 0 e. The molecule has 0 aromatic carbocycles. The maximum absolute atomic E-state index is 0. The standard InChI is InChI=1S/Ba.2Ca.Fe.Mn.Si. The van der Waals surface area contributed by atoms with Gasteiger partial charge in [-0.1, -0.05) is 0 Å². The van der Waals surface area contributed by atoms with Crippen LogP contribution in [0.15, 0.2) is 0 Å². The maximum atomic E-state index is 0. The topological polar surface area (TPSA) is 0 Å². The molecule has 0 bridgehead atoms. The van der Waals surface area contributed by atoms with Crippen molar-refractivity contribution in [1.82, 2.24) is 0 Å². The zero-order chi connectivity index (χ0) is 0. The van der Waals surface area contributed by atoms with E-state index in [0.717, 1.165) is 0 Å². The molecule has 0 aliphatic heterocycles. The van der Waals surface area contributed by atoms with Crippen LogP contribution in [0.2, 0.25) is 0 Å². The second kappa shape index (κ2) is 31.6. The Bertz CT molecular complexity index is 13.5. The van der Waals surface area contributed by atoms with Gasteiger partial charge >= 0.3 is 0 Å². The summed E-state index contributed by atoms with van der Waals surface area (Å²) in [7, 11) is 0. The molecule has 0 aromatic heterocycles. The van der Waals surface area contributed by atoms with Gasteiger partial charge in [0, 0.05) is 169 Å². The van der Waals surface area contributed by atoms with Crippen LogP contribution in [0.4, 0.5) is 0 Å². The molecule has 0 fully saturated rings. The third-order valence-corrected chi connectivity index (χ3v) is 0. The Balaban J connectivity index is 0. The van der Waals surface area contributed by atoms with Crippen LogP contribution >= 0.6 is 0 Å². The van der Waals surface area contributed by atoms with Gasteiger partial charge in [0.2, 0.25) is 0 Å². The second-order valence-electron chi connectivity index (χ2n) is 0. The Labute approximate surface area is 164 Å². The van der Waals surface area contributed by atoms with Crippen LogP contribution in [-0.2, 0) is 34.1 Å². The van der Waals surface area contributed by atoms with Crippen LogP contribution in [-0.4, -0.2) is 135 Å². The van der Waals surface area contributed by atoms with Gasteiger partial charge in [0.15, 0.2) is 0 Å². The predicted octanol–water partition coefficient (Wildman–Crippen LogP) is -1.53. The average molecular weight is 356 g/mol. The van der Waals surface area contributed by atoms with E-state index in [9.17, 15) is 0 Å². The molecule has 0 amide bonds. The molecule has 0 rings (SSSR count). The first-order chi connectivity index (χ1) is 0. The minimum Gasteiger partial charge on any atom is 0 e. The third kappa shape index (κ3) is 22.8. The molecule has 0 aromatic rings. The summed E-state index contributed by atoms with van der Waals surface area (Å²) in [6.45, 7) is 0. The van der Waals surface area contributed by atoms with E-state index in [1.807, 2.05) is 0 Å². The van der Waals surface area contributed by atoms with Crippen LogP contribution in [0.1, 0.15) is 0 Å². The van der Waals surface area contributed by atoms with E-state index in [4.69, 9.17) is 0 Å². The third-order valence-electron chi connectivity index (χ3n) is 0. The molecular weight excluding hydrogens is 356 g/mol. The molecule has 0 heterocycles. The van der Waals surface area contributed by atoms with Crippen LogP contribution in [0.3, 0.4) is 0 Å². The first-order valence-corrected chi connectivity index (χ1v) is 0. The van der Waals surface area contributed by atoms with Crippen LogP contribution in [0, 0.1) is 0 Å². The summed E-state index contributed by atoms with van der Waals surface area (Å²) in [5, 5.41) is 0. The molecule has 0 aliphatic rings. The van der Waals surface area contributed by atoms with Crippen molar-refractivity contribution in [3.8, 4) is 0 Å². The van der Waals surface area contributed by atoms with Crippen molar-refractivity contribution in [3.05, 3.63) is 0 Å². The number of hydrogen-bond donors (Lipinski definition) is 0. The van der Waals surface area contributed by atoms with Crippen molar-refractivity contribution in [2.75, 3.05) is 0 Å². The van der Waals surface area contributed by atoms with Crippen molar-refractivity contribution < 1.29 is 34.1 Å². The molecule has 0 saturated heterocycles. The minimum absolute atomic E-state index is 0. The quantitative estimate of drug-likeness (QED) is 0.462. The van der Waals surface area contributed by atoms with Crippen molar-refractivity contribution >= 4 is 135 Å². The van der Waals surface area contributed by atoms with E-state index in [1.165, 1.54) is 0 Å². The van der Waals surface area contributed by atoms with Gasteiger partial charge < -0.3 is 0 Å². The van der Waals surface area contributed by atoms with E-state index in [-0.39, 0.29) is 169 Å². The van der Waals surface area contributed by atoms with E-state index in [2.05, 4.69) is 0 Å². The fourth-order valence-corrected chi connectivity index (χ4v) is 0. The number of rotatable bonds is 0. The SMILES string of the molecule is [Ba].[Ca].[Ca].[Fe].[Mn].[Si]. The molecule has 0 unspecified atom stereocenters. The Morgan fingerprint density at radius 2 is 0.833 bits per heavy atom. The predicted molar refractivity (Wildman–Crippen MR) is 23.0 cm³/mol. The van der Waals surface area contributed by atoms with E-state index in [0.29, 0.717) is 0 Å². The molecule has 0 atom stereocenters. The van der Waals surface area contributed by atoms with Gasteiger partial charge in [0.1, 0.15) is 0 Å². The van der Waals surface area contributed by atoms with E-state index >= 15 is 0 Å². The van der Waals surface area contributed by atoms with Gasteiger partial charge in [-0.15, -0.1) is 0 Å². The molecular formula is BaCa2FeMnSi. The second-order valence-corrected chi connectivity index (χ2v) is 0. The monoisotopic (exact) mass is 357 g/mol. The van der Waals surface area contributed by atoms with Gasteiger partial charge in [-0.25, -0.2) is 0 Å². The normalized spacial score (nSPS) is 0. The van der Waals surface area contributed by atoms with Gasteiger partial charge in [0.25, 0.3) is 0 Å². The van der Waals surface area contributed by atoms with Crippen LogP contribution in [0.5, 0.6) is 0 Å². The van der Waals surface area contributed by atoms with Gasteiger partial charge in [-0.3, -0.25) is 0 Å². The first kappa shape index (κ1) is 42.5. The van der Waals surface area contributed by atoms with Crippen molar-refractivity contribution in [2.45, 2.75) is 0 Å². The minimum atomic E-state index is 0. The fraction of sp³-hybridized carbons (Fsp3) is 0. The molecule has 25 valence electrons. The average Bonchev–Trinajstić information content (AvgIpc) is 0. The summed E-state index contributed by atoms with van der Waals surface area (Å²) in [5.41, 5.74) is 0. The largest absolute Gasteiger partial charge is 0 e. The summed E-state index contributed by atoms with van der Waals surface area (Å²) in [6.07, 6.45) is 0. The summed E-state index contributed by atoms with van der Waals surface area (Å²) < 4.78 is 0. The Kier molecular flexibility index (Phi) is 224. The van der Waals surface area contributed by atoms with Gasteiger partial charge in [-0.2, -0.15) is 0 Å².